The second kappa shape index (κ2) is 6.21. The van der Waals surface area contributed by atoms with Crippen molar-refractivity contribution >= 4 is 10.0 Å². The first-order chi connectivity index (χ1) is 9.51. The SMILES string of the molecule is Cn1ccc(S(=O)(=O)NCc2ccc(CCN)cc2)c1. The molecule has 0 atom stereocenters. The van der Waals surface area contributed by atoms with Gasteiger partial charge in [-0.3, -0.25) is 0 Å². The van der Waals surface area contributed by atoms with Gasteiger partial charge >= 0.3 is 0 Å². The summed E-state index contributed by atoms with van der Waals surface area (Å²) in [6, 6.07) is 9.35. The Morgan fingerprint density at radius 1 is 1.15 bits per heavy atom. The Balaban J connectivity index is 2.01. The minimum absolute atomic E-state index is 0.278. The van der Waals surface area contributed by atoms with Crippen molar-refractivity contribution in [2.45, 2.75) is 17.9 Å². The minimum atomic E-state index is -3.45. The second-order valence-corrected chi connectivity index (χ2v) is 6.46. The van der Waals surface area contributed by atoms with Crippen molar-refractivity contribution in [1.82, 2.24) is 9.29 Å². The molecule has 20 heavy (non-hydrogen) atoms. The van der Waals surface area contributed by atoms with Gasteiger partial charge in [0.2, 0.25) is 10.0 Å². The number of nitrogens with one attached hydrogen (secondary N) is 1. The van der Waals surface area contributed by atoms with Crippen molar-refractivity contribution in [3.8, 4) is 0 Å². The molecular weight excluding hydrogens is 274 g/mol. The van der Waals surface area contributed by atoms with Crippen molar-refractivity contribution in [2.24, 2.45) is 12.8 Å². The first kappa shape index (κ1) is 14.8. The number of nitrogens with two attached hydrogens (primary N) is 1. The summed E-state index contributed by atoms with van der Waals surface area (Å²) in [7, 11) is -1.66. The van der Waals surface area contributed by atoms with Gasteiger partial charge in [0.15, 0.2) is 0 Å². The monoisotopic (exact) mass is 293 g/mol. The maximum atomic E-state index is 12.0. The number of rotatable bonds is 6. The van der Waals surface area contributed by atoms with Gasteiger partial charge in [-0.25, -0.2) is 13.1 Å². The maximum Gasteiger partial charge on any atom is 0.242 e. The van der Waals surface area contributed by atoms with Gasteiger partial charge in [0, 0.05) is 26.0 Å². The van der Waals surface area contributed by atoms with Gasteiger partial charge in [0.25, 0.3) is 0 Å². The van der Waals surface area contributed by atoms with Crippen molar-refractivity contribution in [3.05, 3.63) is 53.9 Å². The lowest BCUT2D eigenvalue weighted by atomic mass is 10.1. The van der Waals surface area contributed by atoms with E-state index in [2.05, 4.69) is 4.72 Å². The number of hydrogen-bond acceptors (Lipinski definition) is 3. The predicted molar refractivity (Wildman–Crippen MR) is 78.6 cm³/mol. The lowest BCUT2D eigenvalue weighted by Crippen LogP contribution is -2.22. The molecule has 0 aliphatic heterocycles. The van der Waals surface area contributed by atoms with Crippen LogP contribution in [0, 0.1) is 0 Å². The molecule has 0 aliphatic rings. The normalized spacial score (nSPS) is 11.7. The van der Waals surface area contributed by atoms with Crippen LogP contribution in [0.15, 0.2) is 47.6 Å². The number of hydrogen-bond donors (Lipinski definition) is 2. The molecule has 1 aromatic carbocycles. The van der Waals surface area contributed by atoms with E-state index in [1.807, 2.05) is 24.3 Å². The van der Waals surface area contributed by atoms with Gasteiger partial charge < -0.3 is 10.3 Å². The highest BCUT2D eigenvalue weighted by atomic mass is 32.2. The molecule has 1 heterocycles. The van der Waals surface area contributed by atoms with Gasteiger partial charge in [0.1, 0.15) is 0 Å². The molecule has 0 amide bonds. The van der Waals surface area contributed by atoms with E-state index in [1.54, 1.807) is 30.1 Å². The summed E-state index contributed by atoms with van der Waals surface area (Å²) >= 11 is 0. The zero-order chi connectivity index (χ0) is 14.6. The third-order valence-electron chi connectivity index (χ3n) is 3.04. The van der Waals surface area contributed by atoms with E-state index in [-0.39, 0.29) is 11.4 Å². The summed E-state index contributed by atoms with van der Waals surface area (Å²) in [4.78, 5) is 0.278. The average molecular weight is 293 g/mol. The van der Waals surface area contributed by atoms with Crippen molar-refractivity contribution in [3.63, 3.8) is 0 Å². The maximum absolute atomic E-state index is 12.0. The van der Waals surface area contributed by atoms with Gasteiger partial charge in [0.05, 0.1) is 4.90 Å². The molecule has 0 saturated carbocycles. The molecule has 0 unspecified atom stereocenters. The standard InChI is InChI=1S/C14H19N3O2S/c1-17-9-7-14(11-17)20(18,19)16-10-13-4-2-12(3-5-13)6-8-15/h2-5,7,9,11,16H,6,8,10,15H2,1H3. The Morgan fingerprint density at radius 3 is 2.35 bits per heavy atom. The molecule has 0 spiro atoms. The van der Waals surface area contributed by atoms with E-state index in [9.17, 15) is 8.42 Å². The smallest absolute Gasteiger partial charge is 0.242 e. The van der Waals surface area contributed by atoms with E-state index in [1.165, 1.54) is 0 Å². The number of sulfonamides is 1. The van der Waals surface area contributed by atoms with Crippen LogP contribution < -0.4 is 10.5 Å². The van der Waals surface area contributed by atoms with Gasteiger partial charge in [-0.15, -0.1) is 0 Å². The topological polar surface area (TPSA) is 77.1 Å². The number of benzene rings is 1. The molecule has 0 saturated heterocycles. The highest BCUT2D eigenvalue weighted by Crippen LogP contribution is 2.10. The zero-order valence-corrected chi connectivity index (χ0v) is 12.2. The minimum Gasteiger partial charge on any atom is -0.356 e. The van der Waals surface area contributed by atoms with E-state index >= 15 is 0 Å². The fraction of sp³-hybridized carbons (Fsp3) is 0.286. The van der Waals surface area contributed by atoms with Gasteiger partial charge in [-0.05, 0) is 30.2 Å². The van der Waals surface area contributed by atoms with E-state index in [4.69, 9.17) is 5.73 Å². The number of nitrogens with zero attached hydrogens (tertiary/aromatic N) is 1. The summed E-state index contributed by atoms with van der Waals surface area (Å²) in [5, 5.41) is 0. The number of aromatic nitrogens is 1. The lowest BCUT2D eigenvalue weighted by molar-refractivity contribution is 0.581. The van der Waals surface area contributed by atoms with Crippen LogP contribution in [0.4, 0.5) is 0 Å². The summed E-state index contributed by atoms with van der Waals surface area (Å²) in [5.74, 6) is 0. The Labute approximate surface area is 119 Å². The molecular formula is C14H19N3O2S. The molecule has 0 radical (unpaired) electrons. The van der Waals surface area contributed by atoms with Crippen molar-refractivity contribution in [1.29, 1.82) is 0 Å². The summed E-state index contributed by atoms with van der Waals surface area (Å²) in [6.45, 7) is 0.889. The fourth-order valence-corrected chi connectivity index (χ4v) is 2.96. The van der Waals surface area contributed by atoms with Crippen LogP contribution >= 0.6 is 0 Å². The van der Waals surface area contributed by atoms with E-state index in [0.717, 1.165) is 17.5 Å². The molecule has 108 valence electrons. The largest absolute Gasteiger partial charge is 0.356 e. The highest BCUT2D eigenvalue weighted by Gasteiger charge is 2.14. The van der Waals surface area contributed by atoms with Crippen LogP contribution in [-0.2, 0) is 30.0 Å². The van der Waals surface area contributed by atoms with Gasteiger partial charge in [-0.1, -0.05) is 24.3 Å². The predicted octanol–water partition coefficient (Wildman–Crippen LogP) is 1.00. The summed E-state index contributed by atoms with van der Waals surface area (Å²) < 4.78 is 28.4. The Kier molecular flexibility index (Phi) is 4.59. The molecule has 1 aromatic heterocycles. The summed E-state index contributed by atoms with van der Waals surface area (Å²) in [6.07, 6.45) is 4.11. The molecule has 0 fully saturated rings. The quantitative estimate of drug-likeness (QED) is 0.834. The summed E-state index contributed by atoms with van der Waals surface area (Å²) in [5.41, 5.74) is 7.56. The molecule has 2 rings (SSSR count). The Bertz CT molecular complexity index is 660. The Morgan fingerprint density at radius 2 is 1.80 bits per heavy atom. The first-order valence-electron chi connectivity index (χ1n) is 6.41. The van der Waals surface area contributed by atoms with Crippen LogP contribution in [0.25, 0.3) is 0 Å². The van der Waals surface area contributed by atoms with Gasteiger partial charge in [-0.2, -0.15) is 0 Å². The highest BCUT2D eigenvalue weighted by molar-refractivity contribution is 7.89. The van der Waals surface area contributed by atoms with E-state index < -0.39 is 10.0 Å². The molecule has 0 aliphatic carbocycles. The van der Waals surface area contributed by atoms with Crippen LogP contribution in [0.3, 0.4) is 0 Å². The van der Waals surface area contributed by atoms with Crippen molar-refractivity contribution in [2.75, 3.05) is 6.54 Å². The lowest BCUT2D eigenvalue weighted by Gasteiger charge is -2.06. The van der Waals surface area contributed by atoms with Crippen LogP contribution in [0.5, 0.6) is 0 Å². The Hall–Kier alpha value is -1.63. The van der Waals surface area contributed by atoms with Crippen molar-refractivity contribution < 1.29 is 8.42 Å². The zero-order valence-electron chi connectivity index (χ0n) is 11.4. The number of aryl methyl sites for hydroxylation is 1. The molecule has 2 aromatic rings. The molecule has 6 heteroatoms. The van der Waals surface area contributed by atoms with Crippen LogP contribution in [0.2, 0.25) is 0 Å². The van der Waals surface area contributed by atoms with Crippen LogP contribution in [0.1, 0.15) is 11.1 Å². The third-order valence-corrected chi connectivity index (χ3v) is 4.42. The molecule has 5 nitrogen and oxygen atoms in total. The molecule has 0 bridgehead atoms. The average Bonchev–Trinajstić information content (AvgIpc) is 2.86. The molecule has 3 N–H and O–H groups in total. The third kappa shape index (κ3) is 3.69. The first-order valence-corrected chi connectivity index (χ1v) is 7.89. The second-order valence-electron chi connectivity index (χ2n) is 4.69. The van der Waals surface area contributed by atoms with E-state index in [0.29, 0.717) is 6.54 Å². The van der Waals surface area contributed by atoms with Crippen LogP contribution in [-0.4, -0.2) is 19.5 Å². The fourth-order valence-electron chi connectivity index (χ4n) is 1.89.